The van der Waals surface area contributed by atoms with E-state index in [0.717, 1.165) is 50.5 Å². The van der Waals surface area contributed by atoms with Crippen LogP contribution in [0, 0.1) is 17.8 Å². The Morgan fingerprint density at radius 3 is 2.87 bits per heavy atom. The fourth-order valence-electron chi connectivity index (χ4n) is 5.22. The van der Waals surface area contributed by atoms with Crippen LogP contribution in [0.5, 0.6) is 5.75 Å². The van der Waals surface area contributed by atoms with Crippen molar-refractivity contribution in [2.45, 2.75) is 25.4 Å². The van der Waals surface area contributed by atoms with Crippen LogP contribution in [-0.2, 0) is 16.1 Å². The molecule has 0 spiro atoms. The van der Waals surface area contributed by atoms with Gasteiger partial charge in [0.2, 0.25) is 5.91 Å². The molecule has 2 saturated heterocycles. The largest absolute Gasteiger partial charge is 0.493 e. The molecular formula is C24H29N3O3. The standard InChI is InChI=1S/C24H29N3O3/c28-24(26-13-18-4-3-9-25-12-18)20-15-27(14-17-7-10-29-11-8-17)23-19-5-1-2-6-22(19)30-16-21(20)23/h1-6,9,12,17,20-21,23H,7-8,10-11,13-16H2,(H,26,28)/t20-,21+,23+/m1/s1. The van der Waals surface area contributed by atoms with E-state index in [1.54, 1.807) is 12.4 Å². The van der Waals surface area contributed by atoms with Gasteiger partial charge in [0.25, 0.3) is 0 Å². The summed E-state index contributed by atoms with van der Waals surface area (Å²) in [6.45, 7) is 4.60. The highest BCUT2D eigenvalue weighted by Crippen LogP contribution is 2.47. The summed E-state index contributed by atoms with van der Waals surface area (Å²) in [6, 6.07) is 12.4. The Kier molecular flexibility index (Phi) is 5.69. The van der Waals surface area contributed by atoms with Crippen LogP contribution in [-0.4, -0.2) is 48.7 Å². The normalized spacial score (nSPS) is 26.5. The fraction of sp³-hybridized carbons (Fsp3) is 0.500. The van der Waals surface area contributed by atoms with Gasteiger partial charge in [-0.2, -0.15) is 0 Å². The van der Waals surface area contributed by atoms with Crippen LogP contribution in [0.25, 0.3) is 0 Å². The number of aromatic nitrogens is 1. The third-order valence-electron chi connectivity index (χ3n) is 6.78. The van der Waals surface area contributed by atoms with Gasteiger partial charge in [0.15, 0.2) is 0 Å². The molecule has 1 amide bonds. The van der Waals surface area contributed by atoms with E-state index in [1.165, 1.54) is 5.56 Å². The number of hydrogen-bond donors (Lipinski definition) is 1. The Morgan fingerprint density at radius 1 is 1.17 bits per heavy atom. The number of rotatable bonds is 5. The van der Waals surface area contributed by atoms with E-state index in [-0.39, 0.29) is 23.8 Å². The van der Waals surface area contributed by atoms with Crippen molar-refractivity contribution in [2.75, 3.05) is 32.9 Å². The molecule has 158 valence electrons. The summed E-state index contributed by atoms with van der Waals surface area (Å²) >= 11 is 0. The number of para-hydroxylation sites is 1. The zero-order valence-corrected chi connectivity index (χ0v) is 17.2. The van der Waals surface area contributed by atoms with Gasteiger partial charge in [-0.3, -0.25) is 14.7 Å². The Morgan fingerprint density at radius 2 is 2.03 bits per heavy atom. The molecule has 3 aliphatic heterocycles. The van der Waals surface area contributed by atoms with Gasteiger partial charge in [-0.05, 0) is 36.5 Å². The van der Waals surface area contributed by atoms with Gasteiger partial charge in [0, 0.05) is 62.8 Å². The summed E-state index contributed by atoms with van der Waals surface area (Å²) in [7, 11) is 0. The lowest BCUT2D eigenvalue weighted by Gasteiger charge is -2.36. The van der Waals surface area contributed by atoms with Crippen molar-refractivity contribution >= 4 is 5.91 Å². The van der Waals surface area contributed by atoms with Crippen LogP contribution in [0.4, 0.5) is 0 Å². The minimum Gasteiger partial charge on any atom is -0.493 e. The topological polar surface area (TPSA) is 63.7 Å². The third-order valence-corrected chi connectivity index (χ3v) is 6.78. The van der Waals surface area contributed by atoms with Crippen LogP contribution >= 0.6 is 0 Å². The van der Waals surface area contributed by atoms with Crippen LogP contribution in [0.15, 0.2) is 48.8 Å². The van der Waals surface area contributed by atoms with E-state index in [9.17, 15) is 4.79 Å². The highest BCUT2D eigenvalue weighted by Gasteiger charge is 2.49. The summed E-state index contributed by atoms with van der Waals surface area (Å²) in [5.41, 5.74) is 2.24. The molecule has 1 aromatic heterocycles. The van der Waals surface area contributed by atoms with Gasteiger partial charge >= 0.3 is 0 Å². The molecule has 6 nitrogen and oxygen atoms in total. The average molecular weight is 408 g/mol. The van der Waals surface area contributed by atoms with Crippen molar-refractivity contribution < 1.29 is 14.3 Å². The highest BCUT2D eigenvalue weighted by molar-refractivity contribution is 5.80. The SMILES string of the molecule is O=C(NCc1cccnc1)[C@@H]1CN(CC2CCOCC2)[C@H]2c3ccccc3OC[C@@H]12. The first-order valence-electron chi connectivity index (χ1n) is 11.0. The summed E-state index contributed by atoms with van der Waals surface area (Å²) in [4.78, 5) is 19.9. The number of fused-ring (bicyclic) bond motifs is 3. The first-order chi connectivity index (χ1) is 14.8. The first-order valence-corrected chi connectivity index (χ1v) is 11.0. The quantitative estimate of drug-likeness (QED) is 0.826. The Bertz CT molecular complexity index is 869. The van der Waals surface area contributed by atoms with E-state index in [1.807, 2.05) is 24.3 Å². The number of carbonyl (C=O) groups excluding carboxylic acids is 1. The molecule has 5 rings (SSSR count). The van der Waals surface area contributed by atoms with Gasteiger partial charge in [-0.25, -0.2) is 0 Å². The Balaban J connectivity index is 1.34. The van der Waals surface area contributed by atoms with E-state index in [4.69, 9.17) is 9.47 Å². The maximum Gasteiger partial charge on any atom is 0.225 e. The maximum atomic E-state index is 13.2. The number of hydrogen-bond acceptors (Lipinski definition) is 5. The van der Waals surface area contributed by atoms with Gasteiger partial charge < -0.3 is 14.8 Å². The number of pyridine rings is 1. The van der Waals surface area contributed by atoms with Crippen molar-refractivity contribution in [3.05, 3.63) is 59.9 Å². The van der Waals surface area contributed by atoms with Crippen molar-refractivity contribution in [3.63, 3.8) is 0 Å². The predicted octanol–water partition coefficient (Wildman–Crippen LogP) is 2.81. The van der Waals surface area contributed by atoms with E-state index < -0.39 is 0 Å². The molecule has 3 atom stereocenters. The molecule has 0 unspecified atom stereocenters. The second-order valence-corrected chi connectivity index (χ2v) is 8.65. The Labute approximate surface area is 177 Å². The predicted molar refractivity (Wildman–Crippen MR) is 113 cm³/mol. The minimum absolute atomic E-state index is 0.0696. The van der Waals surface area contributed by atoms with Crippen LogP contribution in [0.2, 0.25) is 0 Å². The number of ether oxygens (including phenoxy) is 2. The molecule has 0 aliphatic carbocycles. The van der Waals surface area contributed by atoms with Crippen molar-refractivity contribution in [1.82, 2.24) is 15.2 Å². The van der Waals surface area contributed by atoms with Crippen molar-refractivity contribution in [3.8, 4) is 5.75 Å². The zero-order chi connectivity index (χ0) is 20.3. The lowest BCUT2D eigenvalue weighted by Crippen LogP contribution is -2.38. The first kappa shape index (κ1) is 19.5. The van der Waals surface area contributed by atoms with E-state index >= 15 is 0 Å². The second-order valence-electron chi connectivity index (χ2n) is 8.65. The number of carbonyl (C=O) groups is 1. The lowest BCUT2D eigenvalue weighted by atomic mass is 9.84. The fourth-order valence-corrected chi connectivity index (χ4v) is 5.22. The summed E-state index contributed by atoms with van der Waals surface area (Å²) < 4.78 is 11.6. The summed E-state index contributed by atoms with van der Waals surface area (Å²) in [5, 5.41) is 3.14. The monoisotopic (exact) mass is 407 g/mol. The molecule has 3 aliphatic rings. The molecule has 6 heteroatoms. The number of nitrogens with one attached hydrogen (secondary N) is 1. The summed E-state index contributed by atoms with van der Waals surface area (Å²) in [6.07, 6.45) is 5.75. The molecule has 0 saturated carbocycles. The molecular weight excluding hydrogens is 378 g/mol. The minimum atomic E-state index is -0.0696. The van der Waals surface area contributed by atoms with E-state index in [0.29, 0.717) is 19.1 Å². The smallest absolute Gasteiger partial charge is 0.225 e. The van der Waals surface area contributed by atoms with Gasteiger partial charge in [-0.15, -0.1) is 0 Å². The molecule has 2 aromatic rings. The molecule has 0 bridgehead atoms. The molecule has 4 heterocycles. The van der Waals surface area contributed by atoms with Crippen molar-refractivity contribution in [2.24, 2.45) is 17.8 Å². The summed E-state index contributed by atoms with van der Waals surface area (Å²) in [5.74, 6) is 1.82. The van der Waals surface area contributed by atoms with Crippen molar-refractivity contribution in [1.29, 1.82) is 0 Å². The van der Waals surface area contributed by atoms with Gasteiger partial charge in [-0.1, -0.05) is 24.3 Å². The molecule has 30 heavy (non-hydrogen) atoms. The van der Waals surface area contributed by atoms with Gasteiger partial charge in [0.05, 0.1) is 12.5 Å². The molecule has 2 fully saturated rings. The third kappa shape index (κ3) is 3.94. The number of benzene rings is 1. The number of amides is 1. The van der Waals surface area contributed by atoms with E-state index in [2.05, 4.69) is 27.3 Å². The van der Waals surface area contributed by atoms with Crippen LogP contribution in [0.3, 0.4) is 0 Å². The van der Waals surface area contributed by atoms with Gasteiger partial charge in [0.1, 0.15) is 5.75 Å². The highest BCUT2D eigenvalue weighted by atomic mass is 16.5. The number of likely N-dealkylation sites (tertiary alicyclic amines) is 1. The maximum absolute atomic E-state index is 13.2. The number of nitrogens with zero attached hydrogens (tertiary/aromatic N) is 2. The van der Waals surface area contributed by atoms with Crippen LogP contribution < -0.4 is 10.1 Å². The second kappa shape index (κ2) is 8.74. The molecule has 1 N–H and O–H groups in total. The van der Waals surface area contributed by atoms with Crippen LogP contribution in [0.1, 0.15) is 30.0 Å². The average Bonchev–Trinajstić information content (AvgIpc) is 3.18. The lowest BCUT2D eigenvalue weighted by molar-refractivity contribution is -0.126. The molecule has 1 aromatic carbocycles. The zero-order valence-electron chi connectivity index (χ0n) is 17.2. The molecule has 0 radical (unpaired) electrons. The Hall–Kier alpha value is -2.44.